The molecule has 6 heteroatoms. The molecule has 2 aromatic rings. The van der Waals surface area contributed by atoms with Gasteiger partial charge in [0.15, 0.2) is 6.10 Å². The SMILES string of the molecule is CCC(CC)NC(=O)C1CN(CC(=O)NC(C)c2ccccc2)c2ccccc2O1. The lowest BCUT2D eigenvalue weighted by atomic mass is 10.1. The fourth-order valence-corrected chi connectivity index (χ4v) is 3.67. The van der Waals surface area contributed by atoms with Crippen LogP contribution in [0.25, 0.3) is 0 Å². The van der Waals surface area contributed by atoms with E-state index in [9.17, 15) is 9.59 Å². The Hall–Kier alpha value is -3.02. The predicted molar refractivity (Wildman–Crippen MR) is 119 cm³/mol. The van der Waals surface area contributed by atoms with Crippen molar-refractivity contribution < 1.29 is 14.3 Å². The highest BCUT2D eigenvalue weighted by atomic mass is 16.5. The summed E-state index contributed by atoms with van der Waals surface area (Å²) >= 11 is 0. The van der Waals surface area contributed by atoms with E-state index in [0.717, 1.165) is 24.1 Å². The van der Waals surface area contributed by atoms with E-state index in [1.807, 2.05) is 66.4 Å². The summed E-state index contributed by atoms with van der Waals surface area (Å²) in [6, 6.07) is 17.4. The number of hydrogen-bond acceptors (Lipinski definition) is 4. The zero-order chi connectivity index (χ0) is 21.5. The van der Waals surface area contributed by atoms with Gasteiger partial charge in [0.1, 0.15) is 5.75 Å². The first-order valence-electron chi connectivity index (χ1n) is 10.7. The Balaban J connectivity index is 1.69. The molecule has 3 rings (SSSR count). The molecule has 160 valence electrons. The molecule has 6 nitrogen and oxygen atoms in total. The standard InChI is InChI=1S/C24H31N3O3/c1-4-19(5-2)26-24(29)22-15-27(20-13-9-10-14-21(20)30-22)16-23(28)25-17(3)18-11-7-6-8-12-18/h6-14,17,19,22H,4-5,15-16H2,1-3H3,(H,25,28)(H,26,29). The molecule has 0 spiro atoms. The number of ether oxygens (including phenoxy) is 1. The first-order chi connectivity index (χ1) is 14.5. The molecule has 2 N–H and O–H groups in total. The summed E-state index contributed by atoms with van der Waals surface area (Å²) in [6.07, 6.45) is 1.09. The van der Waals surface area contributed by atoms with E-state index < -0.39 is 6.10 Å². The van der Waals surface area contributed by atoms with Crippen LogP contribution in [0.4, 0.5) is 5.69 Å². The van der Waals surface area contributed by atoms with Crippen LogP contribution in [-0.2, 0) is 9.59 Å². The van der Waals surface area contributed by atoms with Gasteiger partial charge in [-0.25, -0.2) is 0 Å². The summed E-state index contributed by atoms with van der Waals surface area (Å²) < 4.78 is 5.96. The molecule has 30 heavy (non-hydrogen) atoms. The van der Waals surface area contributed by atoms with Crippen molar-refractivity contribution in [3.05, 3.63) is 60.2 Å². The van der Waals surface area contributed by atoms with Gasteiger partial charge in [-0.1, -0.05) is 56.3 Å². The quantitative estimate of drug-likeness (QED) is 0.701. The maximum atomic E-state index is 12.8. The number of fused-ring (bicyclic) bond motifs is 1. The normalized spacial score (nSPS) is 16.4. The number of benzene rings is 2. The van der Waals surface area contributed by atoms with Crippen molar-refractivity contribution in [2.45, 2.75) is 51.8 Å². The highest BCUT2D eigenvalue weighted by Gasteiger charge is 2.32. The number of nitrogens with zero attached hydrogens (tertiary/aromatic N) is 1. The molecule has 1 aliphatic heterocycles. The summed E-state index contributed by atoms with van der Waals surface area (Å²) in [5, 5.41) is 6.10. The van der Waals surface area contributed by atoms with E-state index in [1.165, 1.54) is 0 Å². The Kier molecular flexibility index (Phi) is 7.33. The van der Waals surface area contributed by atoms with Crippen molar-refractivity contribution in [1.29, 1.82) is 0 Å². The third-order valence-electron chi connectivity index (χ3n) is 5.50. The van der Waals surface area contributed by atoms with Crippen molar-refractivity contribution in [1.82, 2.24) is 10.6 Å². The van der Waals surface area contributed by atoms with Crippen LogP contribution in [0.1, 0.15) is 45.2 Å². The van der Waals surface area contributed by atoms with Gasteiger partial charge in [-0.15, -0.1) is 0 Å². The zero-order valence-corrected chi connectivity index (χ0v) is 17.9. The van der Waals surface area contributed by atoms with Crippen molar-refractivity contribution in [3.63, 3.8) is 0 Å². The topological polar surface area (TPSA) is 70.7 Å². The Labute approximate surface area is 178 Å². The number of amides is 2. The maximum absolute atomic E-state index is 12.8. The molecular formula is C24H31N3O3. The molecule has 0 saturated heterocycles. The molecule has 0 aliphatic carbocycles. The van der Waals surface area contributed by atoms with Gasteiger partial charge in [0.25, 0.3) is 5.91 Å². The number of carbonyl (C=O) groups excluding carboxylic acids is 2. The second-order valence-corrected chi connectivity index (χ2v) is 7.68. The molecule has 1 heterocycles. The van der Waals surface area contributed by atoms with Gasteiger partial charge in [0, 0.05) is 6.04 Å². The van der Waals surface area contributed by atoms with Gasteiger partial charge in [-0.3, -0.25) is 9.59 Å². The molecule has 2 atom stereocenters. The molecule has 2 unspecified atom stereocenters. The summed E-state index contributed by atoms with van der Waals surface area (Å²) in [6.45, 7) is 6.56. The van der Waals surface area contributed by atoms with Crippen LogP contribution < -0.4 is 20.3 Å². The average molecular weight is 410 g/mol. The molecule has 0 aromatic heterocycles. The smallest absolute Gasteiger partial charge is 0.263 e. The Morgan fingerprint density at radius 2 is 1.70 bits per heavy atom. The van der Waals surface area contributed by atoms with E-state index in [4.69, 9.17) is 4.74 Å². The summed E-state index contributed by atoms with van der Waals surface area (Å²) in [7, 11) is 0. The Morgan fingerprint density at radius 1 is 1.03 bits per heavy atom. The molecule has 1 aliphatic rings. The third-order valence-corrected chi connectivity index (χ3v) is 5.50. The fraction of sp³-hybridized carbons (Fsp3) is 0.417. The first kappa shape index (κ1) is 21.7. The molecular weight excluding hydrogens is 378 g/mol. The van der Waals surface area contributed by atoms with Crippen LogP contribution >= 0.6 is 0 Å². The average Bonchev–Trinajstić information content (AvgIpc) is 2.77. The van der Waals surface area contributed by atoms with Gasteiger partial charge < -0.3 is 20.3 Å². The van der Waals surface area contributed by atoms with Crippen LogP contribution in [0.2, 0.25) is 0 Å². The van der Waals surface area contributed by atoms with Crippen LogP contribution in [0.3, 0.4) is 0 Å². The third kappa shape index (κ3) is 5.32. The van der Waals surface area contributed by atoms with Crippen LogP contribution in [0.5, 0.6) is 5.75 Å². The van der Waals surface area contributed by atoms with E-state index in [0.29, 0.717) is 12.3 Å². The molecule has 0 bridgehead atoms. The summed E-state index contributed by atoms with van der Waals surface area (Å²) in [5.74, 6) is 0.390. The lowest BCUT2D eigenvalue weighted by Gasteiger charge is -2.35. The minimum absolute atomic E-state index is 0.0936. The first-order valence-corrected chi connectivity index (χ1v) is 10.7. The molecule has 0 radical (unpaired) electrons. The van der Waals surface area contributed by atoms with Crippen molar-refractivity contribution >= 4 is 17.5 Å². The number of carbonyl (C=O) groups is 2. The van der Waals surface area contributed by atoms with E-state index >= 15 is 0 Å². The monoisotopic (exact) mass is 409 g/mol. The maximum Gasteiger partial charge on any atom is 0.263 e. The molecule has 2 aromatic carbocycles. The summed E-state index contributed by atoms with van der Waals surface area (Å²) in [4.78, 5) is 27.4. The lowest BCUT2D eigenvalue weighted by Crippen LogP contribution is -2.52. The minimum Gasteiger partial charge on any atom is -0.477 e. The van der Waals surface area contributed by atoms with Crippen LogP contribution in [0.15, 0.2) is 54.6 Å². The largest absolute Gasteiger partial charge is 0.477 e. The molecule has 0 saturated carbocycles. The van der Waals surface area contributed by atoms with Crippen molar-refractivity contribution in [2.24, 2.45) is 0 Å². The van der Waals surface area contributed by atoms with E-state index in [-0.39, 0.29) is 30.4 Å². The number of rotatable bonds is 8. The zero-order valence-electron chi connectivity index (χ0n) is 17.9. The van der Waals surface area contributed by atoms with E-state index in [1.54, 1.807) is 0 Å². The minimum atomic E-state index is -0.653. The van der Waals surface area contributed by atoms with Crippen LogP contribution in [0, 0.1) is 0 Å². The summed E-state index contributed by atoms with van der Waals surface area (Å²) in [5.41, 5.74) is 1.88. The molecule has 2 amide bonds. The number of hydrogen-bond donors (Lipinski definition) is 2. The van der Waals surface area contributed by atoms with Crippen molar-refractivity contribution in [2.75, 3.05) is 18.0 Å². The van der Waals surface area contributed by atoms with Gasteiger partial charge >= 0.3 is 0 Å². The highest BCUT2D eigenvalue weighted by Crippen LogP contribution is 2.33. The second-order valence-electron chi connectivity index (χ2n) is 7.68. The predicted octanol–water partition coefficient (Wildman–Crippen LogP) is 3.44. The van der Waals surface area contributed by atoms with Crippen molar-refractivity contribution in [3.8, 4) is 5.75 Å². The Morgan fingerprint density at radius 3 is 2.40 bits per heavy atom. The van der Waals surface area contributed by atoms with Gasteiger partial charge in [0.05, 0.1) is 24.8 Å². The van der Waals surface area contributed by atoms with Gasteiger partial charge in [0.2, 0.25) is 5.91 Å². The fourth-order valence-electron chi connectivity index (χ4n) is 3.67. The van der Waals surface area contributed by atoms with Crippen LogP contribution in [-0.4, -0.2) is 37.0 Å². The Bertz CT molecular complexity index is 852. The number of anilines is 1. The lowest BCUT2D eigenvalue weighted by molar-refractivity contribution is -0.129. The van der Waals surface area contributed by atoms with Gasteiger partial charge in [-0.05, 0) is 37.5 Å². The second kappa shape index (κ2) is 10.1. The van der Waals surface area contributed by atoms with Gasteiger partial charge in [-0.2, -0.15) is 0 Å². The van der Waals surface area contributed by atoms with E-state index in [2.05, 4.69) is 24.5 Å². The highest BCUT2D eigenvalue weighted by molar-refractivity contribution is 5.86. The molecule has 0 fully saturated rings. The number of nitrogens with one attached hydrogen (secondary N) is 2. The number of para-hydroxylation sites is 2.